The molecule has 0 radical (unpaired) electrons. The van der Waals surface area contributed by atoms with E-state index in [4.69, 9.17) is 16.3 Å². The van der Waals surface area contributed by atoms with Crippen LogP contribution in [-0.4, -0.2) is 23.1 Å². The van der Waals surface area contributed by atoms with Gasteiger partial charge in [-0.2, -0.15) is 0 Å². The van der Waals surface area contributed by atoms with E-state index in [1.54, 1.807) is 31.2 Å². The number of carbonyl (C=O) groups excluding carboxylic acids is 2. The van der Waals surface area contributed by atoms with Crippen LogP contribution in [0.2, 0.25) is 0 Å². The average Bonchev–Trinajstić information content (AvgIpc) is 2.72. The smallest absolute Gasteiger partial charge is 0.217 e. The second-order valence-electron chi connectivity index (χ2n) is 7.00. The van der Waals surface area contributed by atoms with Crippen LogP contribution in [0.3, 0.4) is 0 Å². The van der Waals surface area contributed by atoms with Crippen molar-refractivity contribution in [3.05, 3.63) is 59.7 Å². The van der Waals surface area contributed by atoms with Crippen LogP contribution < -0.4 is 10.1 Å². The SMILES string of the molecule is CCC(CC)(CCc1ccc(Oc2ccc(C(=O)CCl)cc2)cc1)NC(C)=O. The molecule has 0 saturated heterocycles. The van der Waals surface area contributed by atoms with Gasteiger partial charge in [0.2, 0.25) is 5.91 Å². The summed E-state index contributed by atoms with van der Waals surface area (Å²) >= 11 is 5.57. The zero-order valence-electron chi connectivity index (χ0n) is 16.8. The molecule has 2 rings (SSSR count). The fourth-order valence-electron chi connectivity index (χ4n) is 3.25. The number of hydrogen-bond donors (Lipinski definition) is 1. The first kappa shape index (κ1) is 22.0. The Labute approximate surface area is 172 Å². The Bertz CT molecular complexity index is 780. The molecule has 0 aliphatic carbocycles. The molecule has 5 heteroatoms. The molecule has 4 nitrogen and oxygen atoms in total. The Morgan fingerprint density at radius 1 is 0.964 bits per heavy atom. The summed E-state index contributed by atoms with van der Waals surface area (Å²) in [6.07, 6.45) is 3.60. The number of aryl methyl sites for hydroxylation is 1. The molecule has 1 amide bonds. The summed E-state index contributed by atoms with van der Waals surface area (Å²) in [5, 5.41) is 3.13. The van der Waals surface area contributed by atoms with Crippen molar-refractivity contribution in [1.82, 2.24) is 5.32 Å². The summed E-state index contributed by atoms with van der Waals surface area (Å²) in [6.45, 7) is 5.80. The molecule has 1 N–H and O–H groups in total. The first-order valence-electron chi connectivity index (χ1n) is 9.66. The number of alkyl halides is 1. The largest absolute Gasteiger partial charge is 0.457 e. The van der Waals surface area contributed by atoms with E-state index >= 15 is 0 Å². The van der Waals surface area contributed by atoms with Crippen LogP contribution in [0.4, 0.5) is 0 Å². The molecule has 2 aromatic rings. The average molecular weight is 402 g/mol. The molecule has 0 heterocycles. The van der Waals surface area contributed by atoms with Crippen LogP contribution >= 0.6 is 11.6 Å². The van der Waals surface area contributed by atoms with E-state index in [9.17, 15) is 9.59 Å². The molecule has 0 aromatic heterocycles. The molecule has 150 valence electrons. The maximum atomic E-state index is 11.6. The predicted octanol–water partition coefficient (Wildman–Crippen LogP) is 5.53. The van der Waals surface area contributed by atoms with Gasteiger partial charge in [0, 0.05) is 18.0 Å². The standard InChI is InChI=1S/C23H28ClNO3/c1-4-23(5-2,25-17(3)26)15-14-18-6-10-20(11-7-18)28-21-12-8-19(9-13-21)22(27)16-24/h6-13H,4-5,14-16H2,1-3H3,(H,25,26). The number of carbonyl (C=O) groups is 2. The third-order valence-electron chi connectivity index (χ3n) is 5.14. The summed E-state index contributed by atoms with van der Waals surface area (Å²) in [4.78, 5) is 23.1. The van der Waals surface area contributed by atoms with E-state index in [-0.39, 0.29) is 23.1 Å². The molecule has 0 unspecified atom stereocenters. The second kappa shape index (κ2) is 10.3. The minimum absolute atomic E-state index is 0.0196. The normalized spacial score (nSPS) is 11.1. The number of halogens is 1. The van der Waals surface area contributed by atoms with Crippen molar-refractivity contribution in [3.63, 3.8) is 0 Å². The molecule has 0 bridgehead atoms. The van der Waals surface area contributed by atoms with Crippen molar-refractivity contribution in [2.45, 2.75) is 52.0 Å². The number of ketones is 1. The fraction of sp³-hybridized carbons (Fsp3) is 0.391. The Morgan fingerprint density at radius 2 is 1.50 bits per heavy atom. The third kappa shape index (κ3) is 6.10. The Balaban J connectivity index is 1.97. The van der Waals surface area contributed by atoms with Gasteiger partial charge in [0.15, 0.2) is 5.78 Å². The molecule has 0 saturated carbocycles. The number of rotatable bonds is 10. The Hall–Kier alpha value is -2.33. The van der Waals surface area contributed by atoms with Crippen molar-refractivity contribution in [2.75, 3.05) is 5.88 Å². The van der Waals surface area contributed by atoms with E-state index < -0.39 is 0 Å². The van der Waals surface area contributed by atoms with E-state index in [1.165, 1.54) is 5.56 Å². The van der Waals surface area contributed by atoms with Gasteiger partial charge in [0.25, 0.3) is 0 Å². The lowest BCUT2D eigenvalue weighted by Gasteiger charge is -2.32. The maximum absolute atomic E-state index is 11.6. The molecule has 0 spiro atoms. The minimum Gasteiger partial charge on any atom is -0.457 e. The second-order valence-corrected chi connectivity index (χ2v) is 7.26. The van der Waals surface area contributed by atoms with Crippen LogP contribution in [-0.2, 0) is 11.2 Å². The van der Waals surface area contributed by atoms with Gasteiger partial charge in [0.1, 0.15) is 11.5 Å². The Kier molecular flexibility index (Phi) is 8.06. The van der Waals surface area contributed by atoms with Crippen LogP contribution in [0, 0.1) is 0 Å². The first-order chi connectivity index (χ1) is 13.4. The van der Waals surface area contributed by atoms with Gasteiger partial charge in [-0.15, -0.1) is 11.6 Å². The summed E-state index contributed by atoms with van der Waals surface area (Å²) in [6, 6.07) is 14.9. The van der Waals surface area contributed by atoms with Crippen molar-refractivity contribution < 1.29 is 14.3 Å². The van der Waals surface area contributed by atoms with Crippen molar-refractivity contribution in [2.24, 2.45) is 0 Å². The van der Waals surface area contributed by atoms with Gasteiger partial charge in [0.05, 0.1) is 5.88 Å². The number of amides is 1. The number of hydrogen-bond acceptors (Lipinski definition) is 3. The van der Waals surface area contributed by atoms with Crippen molar-refractivity contribution in [3.8, 4) is 11.5 Å². The highest BCUT2D eigenvalue weighted by atomic mass is 35.5. The molecular weight excluding hydrogens is 374 g/mol. The predicted molar refractivity (Wildman–Crippen MR) is 113 cm³/mol. The number of ether oxygens (including phenoxy) is 1. The zero-order valence-corrected chi connectivity index (χ0v) is 17.5. The van der Waals surface area contributed by atoms with Gasteiger partial charge >= 0.3 is 0 Å². The van der Waals surface area contributed by atoms with Gasteiger partial charge in [-0.05, 0) is 67.6 Å². The molecule has 28 heavy (non-hydrogen) atoms. The summed E-state index contributed by atoms with van der Waals surface area (Å²) in [7, 11) is 0. The number of Topliss-reactive ketones (excluding diaryl/α,β-unsaturated/α-hetero) is 1. The van der Waals surface area contributed by atoms with Crippen molar-refractivity contribution >= 4 is 23.3 Å². The maximum Gasteiger partial charge on any atom is 0.217 e. The minimum atomic E-state index is -0.150. The quantitative estimate of drug-likeness (QED) is 0.420. The summed E-state index contributed by atoms with van der Waals surface area (Å²) in [5.41, 5.74) is 1.63. The van der Waals surface area contributed by atoms with E-state index in [2.05, 4.69) is 19.2 Å². The summed E-state index contributed by atoms with van der Waals surface area (Å²) < 4.78 is 5.84. The first-order valence-corrected chi connectivity index (χ1v) is 10.2. The van der Waals surface area contributed by atoms with E-state index in [0.717, 1.165) is 31.4 Å². The topological polar surface area (TPSA) is 55.4 Å². The molecule has 0 aliphatic rings. The van der Waals surface area contributed by atoms with E-state index in [0.29, 0.717) is 11.3 Å². The number of nitrogens with one attached hydrogen (secondary N) is 1. The molecular formula is C23H28ClNO3. The van der Waals surface area contributed by atoms with Gasteiger partial charge < -0.3 is 10.1 Å². The molecule has 0 aliphatic heterocycles. The van der Waals surface area contributed by atoms with Gasteiger partial charge in [-0.1, -0.05) is 26.0 Å². The molecule has 2 aromatic carbocycles. The van der Waals surface area contributed by atoms with Crippen LogP contribution in [0.5, 0.6) is 11.5 Å². The highest BCUT2D eigenvalue weighted by Gasteiger charge is 2.26. The lowest BCUT2D eigenvalue weighted by molar-refractivity contribution is -0.121. The van der Waals surface area contributed by atoms with Crippen molar-refractivity contribution in [1.29, 1.82) is 0 Å². The number of benzene rings is 2. The zero-order chi connectivity index (χ0) is 20.6. The third-order valence-corrected chi connectivity index (χ3v) is 5.39. The lowest BCUT2D eigenvalue weighted by atomic mass is 9.86. The molecule has 0 fully saturated rings. The van der Waals surface area contributed by atoms with Crippen LogP contribution in [0.1, 0.15) is 56.0 Å². The molecule has 0 atom stereocenters. The lowest BCUT2D eigenvalue weighted by Crippen LogP contribution is -2.47. The fourth-order valence-corrected chi connectivity index (χ4v) is 3.40. The van der Waals surface area contributed by atoms with Gasteiger partial charge in [-0.3, -0.25) is 9.59 Å². The Morgan fingerprint density at radius 3 is 1.96 bits per heavy atom. The van der Waals surface area contributed by atoms with Crippen LogP contribution in [0.15, 0.2) is 48.5 Å². The van der Waals surface area contributed by atoms with Crippen LogP contribution in [0.25, 0.3) is 0 Å². The highest BCUT2D eigenvalue weighted by Crippen LogP contribution is 2.25. The van der Waals surface area contributed by atoms with E-state index in [1.807, 2.05) is 24.3 Å². The summed E-state index contributed by atoms with van der Waals surface area (Å²) in [5.74, 6) is 1.29. The van der Waals surface area contributed by atoms with Gasteiger partial charge in [-0.25, -0.2) is 0 Å². The monoisotopic (exact) mass is 401 g/mol. The highest BCUT2D eigenvalue weighted by molar-refractivity contribution is 6.30.